The number of carbonyl (C=O) groups is 1. The summed E-state index contributed by atoms with van der Waals surface area (Å²) in [6.45, 7) is 6.95. The van der Waals surface area contributed by atoms with Crippen LogP contribution >= 0.6 is 0 Å². The number of nitrogens with zero attached hydrogens (tertiary/aromatic N) is 2. The highest BCUT2D eigenvalue weighted by Crippen LogP contribution is 2.49. The lowest BCUT2D eigenvalue weighted by Gasteiger charge is -2.35. The summed E-state index contributed by atoms with van der Waals surface area (Å²) in [5, 5.41) is 10.8. The maximum atomic E-state index is 12.7. The van der Waals surface area contributed by atoms with Gasteiger partial charge in [-0.1, -0.05) is 20.8 Å². The minimum atomic E-state index is -0.785. The van der Waals surface area contributed by atoms with Gasteiger partial charge in [-0.2, -0.15) is 0 Å². The Morgan fingerprint density at radius 1 is 1.32 bits per heavy atom. The maximum absolute atomic E-state index is 12.7. The smallest absolute Gasteiger partial charge is 0.332 e. The molecule has 2 aliphatic rings. The Morgan fingerprint density at radius 3 is 2.50 bits per heavy atom. The molecule has 0 aromatic heterocycles. The Labute approximate surface area is 129 Å². The topological polar surface area (TPSA) is 72.7 Å². The van der Waals surface area contributed by atoms with Crippen LogP contribution in [0.25, 0.3) is 0 Å². The first-order chi connectivity index (χ1) is 10.3. The molecule has 1 aromatic carbocycles. The summed E-state index contributed by atoms with van der Waals surface area (Å²) < 4.78 is 5.68. The molecule has 0 saturated carbocycles. The van der Waals surface area contributed by atoms with Crippen LogP contribution in [0.15, 0.2) is 24.3 Å². The molecule has 0 amide bonds. The second kappa shape index (κ2) is 4.78. The summed E-state index contributed by atoms with van der Waals surface area (Å²) >= 11 is 0. The third-order valence-corrected chi connectivity index (χ3v) is 4.56. The SMILES string of the molecule is CC(C)(C)[C@H]1OC(=O)[C@]2(c3ccc([N+](=O)[O-])cc3)CCCN12. The third-order valence-electron chi connectivity index (χ3n) is 4.56. The minimum Gasteiger partial charge on any atom is -0.444 e. The van der Waals surface area contributed by atoms with Gasteiger partial charge in [0.1, 0.15) is 5.54 Å². The molecule has 2 heterocycles. The first-order valence-electron chi connectivity index (χ1n) is 7.49. The first kappa shape index (κ1) is 15.0. The number of hydrogen-bond donors (Lipinski definition) is 0. The molecular formula is C16H20N2O4. The van der Waals surface area contributed by atoms with Gasteiger partial charge in [-0.05, 0) is 30.5 Å². The molecule has 0 aliphatic carbocycles. The Hall–Kier alpha value is -1.95. The van der Waals surface area contributed by atoms with Gasteiger partial charge in [-0.15, -0.1) is 0 Å². The van der Waals surface area contributed by atoms with E-state index in [1.807, 2.05) is 0 Å². The van der Waals surface area contributed by atoms with E-state index >= 15 is 0 Å². The van der Waals surface area contributed by atoms with Crippen LogP contribution in [0.4, 0.5) is 5.69 Å². The van der Waals surface area contributed by atoms with Crippen LogP contribution in [0.5, 0.6) is 0 Å². The van der Waals surface area contributed by atoms with Gasteiger partial charge < -0.3 is 4.74 Å². The van der Waals surface area contributed by atoms with Crippen molar-refractivity contribution in [3.8, 4) is 0 Å². The zero-order chi connectivity index (χ0) is 16.1. The molecule has 2 fully saturated rings. The van der Waals surface area contributed by atoms with Crippen molar-refractivity contribution in [2.75, 3.05) is 6.54 Å². The molecular weight excluding hydrogens is 284 g/mol. The van der Waals surface area contributed by atoms with Gasteiger partial charge in [0.15, 0.2) is 6.23 Å². The van der Waals surface area contributed by atoms with Crippen molar-refractivity contribution in [1.29, 1.82) is 0 Å². The van der Waals surface area contributed by atoms with Gasteiger partial charge in [0.05, 0.1) is 4.92 Å². The van der Waals surface area contributed by atoms with Gasteiger partial charge in [0.25, 0.3) is 5.69 Å². The number of cyclic esters (lactones) is 1. The molecule has 1 aromatic rings. The molecule has 0 unspecified atom stereocenters. The highest BCUT2D eigenvalue weighted by Gasteiger charge is 2.61. The van der Waals surface area contributed by atoms with Crippen molar-refractivity contribution < 1.29 is 14.5 Å². The number of esters is 1. The van der Waals surface area contributed by atoms with E-state index in [-0.39, 0.29) is 23.3 Å². The van der Waals surface area contributed by atoms with Crippen LogP contribution in [0.3, 0.4) is 0 Å². The molecule has 3 rings (SSSR count). The number of nitro benzene ring substituents is 1. The quantitative estimate of drug-likeness (QED) is 0.477. The van der Waals surface area contributed by atoms with Crippen molar-refractivity contribution in [2.45, 2.75) is 45.4 Å². The summed E-state index contributed by atoms with van der Waals surface area (Å²) in [5.41, 5.74) is -0.147. The summed E-state index contributed by atoms with van der Waals surface area (Å²) in [4.78, 5) is 25.2. The number of non-ortho nitro benzene ring substituents is 1. The monoisotopic (exact) mass is 304 g/mol. The molecule has 0 N–H and O–H groups in total. The molecule has 6 nitrogen and oxygen atoms in total. The lowest BCUT2D eigenvalue weighted by Crippen LogP contribution is -2.47. The van der Waals surface area contributed by atoms with Crippen LogP contribution in [0.2, 0.25) is 0 Å². The first-order valence-corrected chi connectivity index (χ1v) is 7.49. The zero-order valence-electron chi connectivity index (χ0n) is 13.0. The molecule has 118 valence electrons. The Kier molecular flexibility index (Phi) is 3.25. The Morgan fingerprint density at radius 2 is 1.95 bits per heavy atom. The molecule has 2 atom stereocenters. The highest BCUT2D eigenvalue weighted by atomic mass is 16.6. The lowest BCUT2D eigenvalue weighted by molar-refractivity contribution is -0.384. The van der Waals surface area contributed by atoms with E-state index in [1.54, 1.807) is 12.1 Å². The number of nitro groups is 1. The van der Waals surface area contributed by atoms with Gasteiger partial charge in [-0.25, -0.2) is 9.69 Å². The second-order valence-electron chi connectivity index (χ2n) is 7.08. The van der Waals surface area contributed by atoms with Crippen LogP contribution in [0, 0.1) is 15.5 Å². The summed E-state index contributed by atoms with van der Waals surface area (Å²) in [6.07, 6.45) is 1.34. The fraction of sp³-hybridized carbons (Fsp3) is 0.562. The normalized spacial score (nSPS) is 28.5. The predicted octanol–water partition coefficient (Wildman–Crippen LogP) is 2.81. The number of hydrogen-bond acceptors (Lipinski definition) is 5. The second-order valence-corrected chi connectivity index (χ2v) is 7.08. The van der Waals surface area contributed by atoms with E-state index in [1.165, 1.54) is 12.1 Å². The largest absolute Gasteiger partial charge is 0.444 e. The van der Waals surface area contributed by atoms with Gasteiger partial charge >= 0.3 is 5.97 Å². The van der Waals surface area contributed by atoms with Crippen molar-refractivity contribution in [3.63, 3.8) is 0 Å². The highest BCUT2D eigenvalue weighted by molar-refractivity contribution is 5.85. The summed E-state index contributed by atoms with van der Waals surface area (Å²) in [7, 11) is 0. The number of rotatable bonds is 2. The number of fused-ring (bicyclic) bond motifs is 1. The summed E-state index contributed by atoms with van der Waals surface area (Å²) in [6, 6.07) is 6.28. The third kappa shape index (κ3) is 2.01. The van der Waals surface area contributed by atoms with Crippen LogP contribution < -0.4 is 0 Å². The fourth-order valence-electron chi connectivity index (χ4n) is 3.57. The molecule has 2 saturated heterocycles. The molecule has 0 bridgehead atoms. The molecule has 6 heteroatoms. The van der Waals surface area contributed by atoms with Gasteiger partial charge in [0, 0.05) is 24.1 Å². The Bertz CT molecular complexity index is 620. The van der Waals surface area contributed by atoms with E-state index in [4.69, 9.17) is 4.74 Å². The zero-order valence-corrected chi connectivity index (χ0v) is 13.0. The maximum Gasteiger partial charge on any atom is 0.332 e. The molecule has 0 spiro atoms. The average Bonchev–Trinajstić information content (AvgIpc) is 2.98. The number of carbonyl (C=O) groups excluding carboxylic acids is 1. The average molecular weight is 304 g/mol. The van der Waals surface area contributed by atoms with Crippen molar-refractivity contribution >= 4 is 11.7 Å². The minimum absolute atomic E-state index is 0.0310. The lowest BCUT2D eigenvalue weighted by atomic mass is 9.86. The fourth-order valence-corrected chi connectivity index (χ4v) is 3.57. The standard InChI is InChI=1S/C16H20N2O4/c1-15(2,3)13-17-10-4-9-16(17,14(19)22-13)11-5-7-12(8-6-11)18(20)21/h5-8,13H,4,9-10H2,1-3H3/t13-,16-/m1/s1. The van der Waals surface area contributed by atoms with Crippen LogP contribution in [0.1, 0.15) is 39.2 Å². The molecule has 22 heavy (non-hydrogen) atoms. The number of benzene rings is 1. The van der Waals surface area contributed by atoms with Crippen molar-refractivity contribution in [3.05, 3.63) is 39.9 Å². The van der Waals surface area contributed by atoms with Crippen molar-refractivity contribution in [1.82, 2.24) is 4.90 Å². The van der Waals surface area contributed by atoms with E-state index < -0.39 is 10.5 Å². The van der Waals surface area contributed by atoms with Gasteiger partial charge in [0.2, 0.25) is 0 Å². The van der Waals surface area contributed by atoms with E-state index in [0.717, 1.165) is 18.5 Å². The predicted molar refractivity (Wildman–Crippen MR) is 80.0 cm³/mol. The van der Waals surface area contributed by atoms with Crippen LogP contribution in [-0.4, -0.2) is 28.6 Å². The van der Waals surface area contributed by atoms with E-state index in [9.17, 15) is 14.9 Å². The van der Waals surface area contributed by atoms with Crippen molar-refractivity contribution in [2.24, 2.45) is 5.41 Å². The summed E-state index contributed by atoms with van der Waals surface area (Å²) in [5.74, 6) is -0.237. The van der Waals surface area contributed by atoms with E-state index in [2.05, 4.69) is 25.7 Å². The van der Waals surface area contributed by atoms with Crippen LogP contribution in [-0.2, 0) is 15.1 Å². The van der Waals surface area contributed by atoms with Gasteiger partial charge in [-0.3, -0.25) is 10.1 Å². The molecule has 0 radical (unpaired) electrons. The number of ether oxygens (including phenoxy) is 1. The Balaban J connectivity index is 2.03. The molecule has 2 aliphatic heterocycles. The van der Waals surface area contributed by atoms with E-state index in [0.29, 0.717) is 6.42 Å².